The number of hydrogen-bond acceptors (Lipinski definition) is 10. The van der Waals surface area contributed by atoms with Crippen molar-refractivity contribution >= 4 is 46.6 Å². The van der Waals surface area contributed by atoms with Crippen LogP contribution >= 0.6 is 0 Å². The van der Waals surface area contributed by atoms with Gasteiger partial charge in [0.1, 0.15) is 24.2 Å². The molecule has 0 saturated carbocycles. The number of nitrogens with zero attached hydrogens (tertiary/aromatic N) is 6. The summed E-state index contributed by atoms with van der Waals surface area (Å²) in [5.41, 5.74) is 16.0. The van der Waals surface area contributed by atoms with Crippen LogP contribution in [-0.2, 0) is 23.1 Å². The van der Waals surface area contributed by atoms with Gasteiger partial charge in [0.15, 0.2) is 5.65 Å². The minimum Gasteiger partial charge on any atom is -0.404 e. The number of unbranched alkanes of at least 4 members (excludes halogenated alkanes) is 1. The molecule has 4 aromatic rings. The van der Waals surface area contributed by atoms with Gasteiger partial charge >= 0.3 is 5.69 Å². The molecule has 0 bridgehead atoms. The molecule has 15 nitrogen and oxygen atoms in total. The summed E-state index contributed by atoms with van der Waals surface area (Å²) < 4.78 is 17.6. The number of aldehydes is 1. The van der Waals surface area contributed by atoms with Crippen LogP contribution in [0.3, 0.4) is 0 Å². The summed E-state index contributed by atoms with van der Waals surface area (Å²) >= 11 is 0. The van der Waals surface area contributed by atoms with Crippen molar-refractivity contribution in [1.29, 1.82) is 0 Å². The third kappa shape index (κ3) is 9.76. The number of halogens is 1. The summed E-state index contributed by atoms with van der Waals surface area (Å²) in [7, 11) is 3.24. The molecule has 3 atom stereocenters. The molecule has 0 radical (unpaired) electrons. The Hall–Kier alpha value is -5.22. The number of alkyl halides is 1. The monoisotopic (exact) mass is 719 g/mol. The van der Waals surface area contributed by atoms with Crippen LogP contribution in [0.1, 0.15) is 73.1 Å². The molecule has 2 amide bonds. The molecule has 3 aromatic heterocycles. The summed E-state index contributed by atoms with van der Waals surface area (Å²) in [6.07, 6.45) is 10.1. The molecule has 0 spiro atoms. The number of aromatic nitrogens is 5. The highest BCUT2D eigenvalue weighted by Gasteiger charge is 2.25. The van der Waals surface area contributed by atoms with Crippen molar-refractivity contribution in [3.8, 4) is 0 Å². The summed E-state index contributed by atoms with van der Waals surface area (Å²) in [5, 5.41) is 13.0. The van der Waals surface area contributed by atoms with E-state index in [-0.39, 0.29) is 42.7 Å². The predicted octanol–water partition coefficient (Wildman–Crippen LogP) is 1.83. The van der Waals surface area contributed by atoms with Gasteiger partial charge < -0.3 is 32.2 Å². The van der Waals surface area contributed by atoms with Gasteiger partial charge in [0.25, 0.3) is 5.91 Å². The van der Waals surface area contributed by atoms with E-state index in [0.29, 0.717) is 35.3 Å². The smallest absolute Gasteiger partial charge is 0.329 e. The summed E-state index contributed by atoms with van der Waals surface area (Å²) in [5.74, 6) is -0.774. The maximum Gasteiger partial charge on any atom is 0.329 e. The molecule has 0 aliphatic rings. The van der Waals surface area contributed by atoms with E-state index in [0.717, 1.165) is 56.1 Å². The van der Waals surface area contributed by atoms with E-state index in [1.807, 2.05) is 18.2 Å². The lowest BCUT2D eigenvalue weighted by Gasteiger charge is -2.16. The second-order valence-corrected chi connectivity index (χ2v) is 12.6. The van der Waals surface area contributed by atoms with E-state index in [1.165, 1.54) is 35.5 Å². The number of fused-ring (bicyclic) bond motifs is 2. The Balaban J connectivity index is 1.30. The standard InChI is InChI=1S/C36H50FN11O4/c1-24(37)20-44-35(51)31-23-43-32-18-26(22-45-48(31)32)27(19-39)21-42-28(12-14-38)13-16-41-15-5-4-8-25-9-6-10-29-33(25)46(3)36(52)47(29)30(11-7-17-49)34(50)40-2/h6,9-10,17-19,21-24,28,30,41H,4-5,7-8,11-16,20,38-39H2,1-3H3,(H,40,50)(H,44,51)/b27-19+,42-21?. The Morgan fingerprint density at radius 3 is 2.65 bits per heavy atom. The van der Waals surface area contributed by atoms with Crippen LogP contribution < -0.4 is 33.1 Å². The number of amides is 2. The van der Waals surface area contributed by atoms with Gasteiger partial charge in [-0.2, -0.15) is 5.10 Å². The topological polar surface area (TPSA) is 209 Å². The quantitative estimate of drug-likeness (QED) is 0.0483. The molecule has 0 aliphatic heterocycles. The molecule has 4 rings (SSSR count). The fraction of sp³-hybridized carbons (Fsp3) is 0.472. The summed E-state index contributed by atoms with van der Waals surface area (Å²) in [6.45, 7) is 3.28. The molecule has 0 aliphatic carbocycles. The van der Waals surface area contributed by atoms with E-state index in [1.54, 1.807) is 30.1 Å². The van der Waals surface area contributed by atoms with E-state index in [4.69, 9.17) is 16.5 Å². The van der Waals surface area contributed by atoms with Crippen molar-refractivity contribution < 1.29 is 18.8 Å². The highest BCUT2D eigenvalue weighted by Crippen LogP contribution is 2.24. The van der Waals surface area contributed by atoms with Gasteiger partial charge in [0.2, 0.25) is 5.91 Å². The van der Waals surface area contributed by atoms with Gasteiger partial charge in [-0.25, -0.2) is 18.7 Å². The van der Waals surface area contributed by atoms with Gasteiger partial charge in [-0.05, 0) is 82.8 Å². The van der Waals surface area contributed by atoms with Crippen molar-refractivity contribution in [1.82, 2.24) is 39.7 Å². The number of benzene rings is 1. The number of likely N-dealkylation sites (N-methyl/N-ethyl adjacent to an activating group) is 1. The fourth-order valence-electron chi connectivity index (χ4n) is 6.15. The molecule has 16 heteroatoms. The van der Waals surface area contributed by atoms with Crippen molar-refractivity contribution in [2.75, 3.05) is 33.2 Å². The second-order valence-electron chi connectivity index (χ2n) is 12.6. The van der Waals surface area contributed by atoms with Crippen LogP contribution in [0, 0.1) is 0 Å². The first-order valence-electron chi connectivity index (χ1n) is 17.6. The molecular formula is C36H50FN11O4. The first-order valence-corrected chi connectivity index (χ1v) is 17.6. The highest BCUT2D eigenvalue weighted by molar-refractivity contribution is 6.09. The zero-order chi connectivity index (χ0) is 37.6. The average molecular weight is 720 g/mol. The molecule has 3 heterocycles. The number of rotatable bonds is 21. The second kappa shape index (κ2) is 19.4. The number of carbonyl (C=O) groups is 3. The average Bonchev–Trinajstić information content (AvgIpc) is 3.68. The van der Waals surface area contributed by atoms with Crippen molar-refractivity contribution in [3.63, 3.8) is 0 Å². The molecule has 1 aromatic carbocycles. The van der Waals surface area contributed by atoms with Gasteiger partial charge in [-0.15, -0.1) is 0 Å². The number of allylic oxidation sites excluding steroid dienone is 1. The molecule has 280 valence electrons. The Bertz CT molecular complexity index is 1950. The number of nitrogens with one attached hydrogen (secondary N) is 3. The molecule has 0 saturated heterocycles. The number of carbonyl (C=O) groups excluding carboxylic acids is 3. The zero-order valence-corrected chi connectivity index (χ0v) is 30.1. The number of nitrogens with two attached hydrogens (primary N) is 2. The molecule has 0 fully saturated rings. The Morgan fingerprint density at radius 2 is 1.94 bits per heavy atom. The van der Waals surface area contributed by atoms with Crippen LogP contribution in [0.15, 0.2) is 52.6 Å². The zero-order valence-electron chi connectivity index (χ0n) is 30.1. The SMILES string of the molecule is CNC(=O)C(CCC=O)n1c(=O)n(C)c2c(CCCCNCCC(CCN)N=C/C(=C\N)c3cnn4c(C(=O)NCC(C)F)cnc4c3)cccc21. The van der Waals surface area contributed by atoms with Gasteiger partial charge in [0, 0.05) is 50.6 Å². The van der Waals surface area contributed by atoms with Crippen LogP contribution in [0.5, 0.6) is 0 Å². The number of aryl methyl sites for hydroxylation is 2. The van der Waals surface area contributed by atoms with E-state index in [2.05, 4.69) is 26.0 Å². The van der Waals surface area contributed by atoms with Crippen LogP contribution in [0.4, 0.5) is 4.39 Å². The third-order valence-corrected chi connectivity index (χ3v) is 8.88. The van der Waals surface area contributed by atoms with Gasteiger partial charge in [0.05, 0.1) is 29.5 Å². The van der Waals surface area contributed by atoms with Crippen LogP contribution in [0.25, 0.3) is 22.3 Å². The minimum atomic E-state index is -1.17. The van der Waals surface area contributed by atoms with Crippen molar-refractivity contribution in [3.05, 3.63) is 70.2 Å². The number of aliphatic imine (C=N–C) groups is 1. The maximum absolute atomic E-state index is 13.3. The molecule has 52 heavy (non-hydrogen) atoms. The number of imidazole rings is 2. The van der Waals surface area contributed by atoms with E-state index >= 15 is 0 Å². The first-order chi connectivity index (χ1) is 25.1. The Kier molecular flexibility index (Phi) is 14.8. The van der Waals surface area contributed by atoms with Crippen molar-refractivity contribution in [2.45, 2.75) is 70.1 Å². The van der Waals surface area contributed by atoms with Crippen LogP contribution in [0.2, 0.25) is 0 Å². The third-order valence-electron chi connectivity index (χ3n) is 8.88. The lowest BCUT2D eigenvalue weighted by molar-refractivity contribution is -0.124. The fourth-order valence-corrected chi connectivity index (χ4v) is 6.15. The van der Waals surface area contributed by atoms with Gasteiger partial charge in [-0.3, -0.25) is 23.7 Å². The largest absolute Gasteiger partial charge is 0.404 e. The predicted molar refractivity (Wildman–Crippen MR) is 200 cm³/mol. The summed E-state index contributed by atoms with van der Waals surface area (Å²) in [6, 6.07) is 6.70. The van der Waals surface area contributed by atoms with Crippen molar-refractivity contribution in [2.24, 2.45) is 23.5 Å². The lowest BCUT2D eigenvalue weighted by atomic mass is 10.1. The highest BCUT2D eigenvalue weighted by atomic mass is 19.1. The van der Waals surface area contributed by atoms with E-state index in [9.17, 15) is 23.6 Å². The van der Waals surface area contributed by atoms with Crippen LogP contribution in [-0.4, -0.2) is 93.5 Å². The Labute approximate surface area is 301 Å². The number of para-hydroxylation sites is 1. The van der Waals surface area contributed by atoms with Gasteiger partial charge in [-0.1, -0.05) is 12.1 Å². The molecular weight excluding hydrogens is 669 g/mol. The summed E-state index contributed by atoms with van der Waals surface area (Å²) in [4.78, 5) is 58.5. The van der Waals surface area contributed by atoms with E-state index < -0.39 is 18.1 Å². The number of hydrogen-bond donors (Lipinski definition) is 5. The Morgan fingerprint density at radius 1 is 1.13 bits per heavy atom. The first kappa shape index (κ1) is 39.6. The molecule has 7 N–H and O–H groups in total. The maximum atomic E-state index is 13.3. The molecule has 3 unspecified atom stereocenters. The normalized spacial score (nSPS) is 13.8. The minimum absolute atomic E-state index is 0.0307. The lowest BCUT2D eigenvalue weighted by Crippen LogP contribution is -2.36.